The Morgan fingerprint density at radius 2 is 1.74 bits per heavy atom. The first-order valence-electron chi connectivity index (χ1n) is 7.12. The van der Waals surface area contributed by atoms with Gasteiger partial charge in [0.25, 0.3) is 0 Å². The summed E-state index contributed by atoms with van der Waals surface area (Å²) in [5.41, 5.74) is 1.96. The van der Waals surface area contributed by atoms with E-state index in [1.165, 1.54) is 11.1 Å². The number of hydrogen-bond acceptors (Lipinski definition) is 2. The number of rotatable bonds is 5. The SMILES string of the molecule is CCc1ccc(OCCC(C)(C)O)c(C(C)(C)C)c1. The van der Waals surface area contributed by atoms with Gasteiger partial charge in [0.15, 0.2) is 0 Å². The van der Waals surface area contributed by atoms with E-state index in [0.29, 0.717) is 13.0 Å². The van der Waals surface area contributed by atoms with Gasteiger partial charge in [-0.25, -0.2) is 0 Å². The van der Waals surface area contributed by atoms with Crippen LogP contribution in [0, 0.1) is 0 Å². The smallest absolute Gasteiger partial charge is 0.123 e. The summed E-state index contributed by atoms with van der Waals surface area (Å²) < 4.78 is 5.88. The van der Waals surface area contributed by atoms with Gasteiger partial charge in [0.05, 0.1) is 12.2 Å². The molecule has 2 heteroatoms. The number of ether oxygens (including phenoxy) is 1. The Morgan fingerprint density at radius 3 is 2.21 bits per heavy atom. The molecular formula is C17H28O2. The Morgan fingerprint density at radius 1 is 1.11 bits per heavy atom. The molecule has 1 N–H and O–H groups in total. The van der Waals surface area contributed by atoms with Gasteiger partial charge in [0, 0.05) is 6.42 Å². The molecule has 0 aliphatic rings. The van der Waals surface area contributed by atoms with Crippen molar-refractivity contribution < 1.29 is 9.84 Å². The third-order valence-electron chi connectivity index (χ3n) is 3.23. The minimum Gasteiger partial charge on any atom is -0.493 e. The van der Waals surface area contributed by atoms with Gasteiger partial charge in [0.1, 0.15) is 5.75 Å². The molecule has 0 radical (unpaired) electrons. The van der Waals surface area contributed by atoms with Crippen LogP contribution in [0.25, 0.3) is 0 Å². The average Bonchev–Trinajstić information content (AvgIpc) is 2.26. The summed E-state index contributed by atoms with van der Waals surface area (Å²) in [7, 11) is 0. The molecule has 0 spiro atoms. The van der Waals surface area contributed by atoms with Crippen molar-refractivity contribution in [1.29, 1.82) is 0 Å². The lowest BCUT2D eigenvalue weighted by molar-refractivity contribution is 0.0551. The zero-order valence-electron chi connectivity index (χ0n) is 13.2. The highest BCUT2D eigenvalue weighted by Crippen LogP contribution is 2.32. The molecule has 0 aliphatic carbocycles. The normalized spacial score (nSPS) is 12.6. The second-order valence-electron chi connectivity index (χ2n) is 6.84. The van der Waals surface area contributed by atoms with E-state index in [2.05, 4.69) is 45.9 Å². The topological polar surface area (TPSA) is 29.5 Å². The van der Waals surface area contributed by atoms with E-state index in [4.69, 9.17) is 4.74 Å². The van der Waals surface area contributed by atoms with E-state index in [9.17, 15) is 5.11 Å². The molecule has 0 aromatic heterocycles. The van der Waals surface area contributed by atoms with Gasteiger partial charge in [-0.2, -0.15) is 0 Å². The molecule has 0 aliphatic heterocycles. The van der Waals surface area contributed by atoms with Crippen LogP contribution in [0.15, 0.2) is 18.2 Å². The van der Waals surface area contributed by atoms with E-state index < -0.39 is 5.60 Å². The van der Waals surface area contributed by atoms with Gasteiger partial charge in [-0.1, -0.05) is 39.8 Å². The number of aliphatic hydroxyl groups is 1. The summed E-state index contributed by atoms with van der Waals surface area (Å²) in [6, 6.07) is 6.41. The average molecular weight is 264 g/mol. The molecule has 1 aromatic carbocycles. The van der Waals surface area contributed by atoms with Gasteiger partial charge in [-0.3, -0.25) is 0 Å². The van der Waals surface area contributed by atoms with Gasteiger partial charge in [0.2, 0.25) is 0 Å². The first kappa shape index (κ1) is 16.0. The first-order valence-corrected chi connectivity index (χ1v) is 7.12. The first-order chi connectivity index (χ1) is 8.63. The Kier molecular flexibility index (Phi) is 5.03. The maximum atomic E-state index is 9.73. The number of hydrogen-bond donors (Lipinski definition) is 1. The van der Waals surface area contributed by atoms with Crippen molar-refractivity contribution in [3.05, 3.63) is 29.3 Å². The molecule has 108 valence electrons. The van der Waals surface area contributed by atoms with Crippen LogP contribution < -0.4 is 4.74 Å². The van der Waals surface area contributed by atoms with E-state index in [1.54, 1.807) is 13.8 Å². The lowest BCUT2D eigenvalue weighted by Crippen LogP contribution is -2.22. The molecule has 0 fully saturated rings. The van der Waals surface area contributed by atoms with Gasteiger partial charge < -0.3 is 9.84 Å². The van der Waals surface area contributed by atoms with E-state index >= 15 is 0 Å². The van der Waals surface area contributed by atoms with Crippen molar-refractivity contribution >= 4 is 0 Å². The van der Waals surface area contributed by atoms with E-state index in [-0.39, 0.29) is 5.41 Å². The molecule has 0 amide bonds. The summed E-state index contributed by atoms with van der Waals surface area (Å²) in [6.45, 7) is 12.9. The summed E-state index contributed by atoms with van der Waals surface area (Å²) in [5, 5.41) is 9.73. The molecule has 0 unspecified atom stereocenters. The molecular weight excluding hydrogens is 236 g/mol. The molecule has 0 heterocycles. The summed E-state index contributed by atoms with van der Waals surface area (Å²) in [4.78, 5) is 0. The summed E-state index contributed by atoms with van der Waals surface area (Å²) >= 11 is 0. The lowest BCUT2D eigenvalue weighted by atomic mass is 9.85. The molecule has 1 rings (SSSR count). The zero-order chi connectivity index (χ0) is 14.7. The van der Waals surface area contributed by atoms with Crippen LogP contribution in [0.5, 0.6) is 5.75 Å². The Hall–Kier alpha value is -1.02. The van der Waals surface area contributed by atoms with Crippen LogP contribution in [0.3, 0.4) is 0 Å². The maximum Gasteiger partial charge on any atom is 0.123 e. The highest BCUT2D eigenvalue weighted by Gasteiger charge is 2.20. The van der Waals surface area contributed by atoms with Crippen LogP contribution in [-0.2, 0) is 11.8 Å². The Bertz CT molecular complexity index is 408. The number of aryl methyl sites for hydroxylation is 1. The van der Waals surface area contributed by atoms with Crippen LogP contribution in [0.2, 0.25) is 0 Å². The van der Waals surface area contributed by atoms with Crippen molar-refractivity contribution in [1.82, 2.24) is 0 Å². The third-order valence-corrected chi connectivity index (χ3v) is 3.23. The van der Waals surface area contributed by atoms with Gasteiger partial charge in [-0.05, 0) is 42.9 Å². The van der Waals surface area contributed by atoms with E-state index in [0.717, 1.165) is 12.2 Å². The van der Waals surface area contributed by atoms with Gasteiger partial charge in [-0.15, -0.1) is 0 Å². The fourth-order valence-electron chi connectivity index (χ4n) is 1.92. The van der Waals surface area contributed by atoms with Crippen LogP contribution in [0.1, 0.15) is 59.1 Å². The van der Waals surface area contributed by atoms with Crippen molar-refractivity contribution in [2.75, 3.05) is 6.61 Å². The minimum absolute atomic E-state index is 0.0647. The van der Waals surface area contributed by atoms with Crippen LogP contribution in [0.4, 0.5) is 0 Å². The predicted octanol–water partition coefficient (Wildman–Crippen LogP) is 4.09. The molecule has 0 bridgehead atoms. The summed E-state index contributed by atoms with van der Waals surface area (Å²) in [5.74, 6) is 0.939. The fraction of sp³-hybridized carbons (Fsp3) is 0.647. The minimum atomic E-state index is -0.675. The molecule has 2 nitrogen and oxygen atoms in total. The third kappa shape index (κ3) is 5.23. The largest absolute Gasteiger partial charge is 0.493 e. The lowest BCUT2D eigenvalue weighted by Gasteiger charge is -2.24. The van der Waals surface area contributed by atoms with Gasteiger partial charge >= 0.3 is 0 Å². The van der Waals surface area contributed by atoms with E-state index in [1.807, 2.05) is 0 Å². The Balaban J connectivity index is 2.88. The maximum absolute atomic E-state index is 9.73. The zero-order valence-corrected chi connectivity index (χ0v) is 13.2. The van der Waals surface area contributed by atoms with Crippen molar-refractivity contribution in [2.45, 2.75) is 65.4 Å². The quantitative estimate of drug-likeness (QED) is 0.868. The highest BCUT2D eigenvalue weighted by molar-refractivity contribution is 5.41. The highest BCUT2D eigenvalue weighted by atomic mass is 16.5. The second kappa shape index (κ2) is 5.96. The molecule has 19 heavy (non-hydrogen) atoms. The monoisotopic (exact) mass is 264 g/mol. The predicted molar refractivity (Wildman–Crippen MR) is 80.9 cm³/mol. The fourth-order valence-corrected chi connectivity index (χ4v) is 1.92. The molecule has 0 atom stereocenters. The Labute approximate surface area is 117 Å². The number of benzene rings is 1. The standard InChI is InChI=1S/C17H28O2/c1-7-13-8-9-15(14(12-13)16(2,3)4)19-11-10-17(5,6)18/h8-9,12,18H,7,10-11H2,1-6H3. The second-order valence-corrected chi connectivity index (χ2v) is 6.84. The summed E-state index contributed by atoms with van der Waals surface area (Å²) in [6.07, 6.45) is 1.67. The molecule has 1 aromatic rings. The van der Waals surface area contributed by atoms with Crippen molar-refractivity contribution in [3.63, 3.8) is 0 Å². The molecule has 0 saturated heterocycles. The van der Waals surface area contributed by atoms with Crippen molar-refractivity contribution in [2.24, 2.45) is 0 Å². The van der Waals surface area contributed by atoms with Crippen molar-refractivity contribution in [3.8, 4) is 5.75 Å². The van der Waals surface area contributed by atoms with Crippen LogP contribution in [-0.4, -0.2) is 17.3 Å². The molecule has 0 saturated carbocycles. The van der Waals surface area contributed by atoms with Crippen LogP contribution >= 0.6 is 0 Å².